The largest absolute Gasteiger partial charge is 0.236 e. The van der Waals surface area contributed by atoms with Gasteiger partial charge in [0.15, 0.2) is 0 Å². The summed E-state index contributed by atoms with van der Waals surface area (Å²) in [6.07, 6.45) is 1.66. The van der Waals surface area contributed by atoms with Crippen molar-refractivity contribution in [2.24, 2.45) is 0 Å². The zero-order valence-electron chi connectivity index (χ0n) is 13.8. The van der Waals surface area contributed by atoms with Crippen LogP contribution >= 0.6 is 0 Å². The van der Waals surface area contributed by atoms with Crippen LogP contribution in [0.3, 0.4) is 0 Å². The van der Waals surface area contributed by atoms with Crippen LogP contribution in [0.1, 0.15) is 11.1 Å². The summed E-state index contributed by atoms with van der Waals surface area (Å²) in [5.41, 5.74) is 6.71. The first-order valence-electron chi connectivity index (χ1n) is 8.10. The van der Waals surface area contributed by atoms with Gasteiger partial charge in [0.25, 0.3) is 0 Å². The lowest BCUT2D eigenvalue weighted by atomic mass is 9.98. The molecule has 4 rings (SSSR count). The lowest BCUT2D eigenvalue weighted by molar-refractivity contribution is 1.17. The highest BCUT2D eigenvalue weighted by atomic mass is 14.8. The van der Waals surface area contributed by atoms with Gasteiger partial charge < -0.3 is 0 Å². The van der Waals surface area contributed by atoms with Crippen molar-refractivity contribution in [2.45, 2.75) is 13.8 Å². The van der Waals surface area contributed by atoms with Crippen molar-refractivity contribution in [3.8, 4) is 22.5 Å². The van der Waals surface area contributed by atoms with E-state index in [9.17, 15) is 0 Å². The molecule has 2 heteroatoms. The second-order valence-electron chi connectivity index (χ2n) is 6.12. The summed E-state index contributed by atoms with van der Waals surface area (Å²) in [7, 11) is 0. The fourth-order valence-electron chi connectivity index (χ4n) is 3.22. The molecule has 0 unspecified atom stereocenters. The molecule has 0 saturated heterocycles. The molecule has 1 aromatic heterocycles. The minimum atomic E-state index is 0.952. The summed E-state index contributed by atoms with van der Waals surface area (Å²) in [5.74, 6) is 0. The third-order valence-corrected chi connectivity index (χ3v) is 4.45. The van der Waals surface area contributed by atoms with Crippen LogP contribution in [0.15, 0.2) is 73.1 Å². The van der Waals surface area contributed by atoms with E-state index >= 15 is 0 Å². The van der Waals surface area contributed by atoms with Crippen LogP contribution in [0.25, 0.3) is 33.3 Å². The summed E-state index contributed by atoms with van der Waals surface area (Å²) >= 11 is 0. The van der Waals surface area contributed by atoms with E-state index in [1.807, 2.05) is 0 Å². The summed E-state index contributed by atoms with van der Waals surface area (Å²) in [4.78, 5) is 9.00. The van der Waals surface area contributed by atoms with Gasteiger partial charge in [-0.2, -0.15) is 0 Å². The Morgan fingerprint density at radius 3 is 2.12 bits per heavy atom. The predicted molar refractivity (Wildman–Crippen MR) is 99.9 cm³/mol. The van der Waals surface area contributed by atoms with Crippen molar-refractivity contribution in [3.05, 3.63) is 84.2 Å². The number of hydrogen-bond acceptors (Lipinski definition) is 2. The molecule has 2 nitrogen and oxygen atoms in total. The molecule has 3 aromatic carbocycles. The monoisotopic (exact) mass is 310 g/mol. The number of benzene rings is 3. The van der Waals surface area contributed by atoms with Gasteiger partial charge in [-0.25, -0.2) is 9.97 Å². The Kier molecular flexibility index (Phi) is 3.58. The van der Waals surface area contributed by atoms with Crippen molar-refractivity contribution < 1.29 is 0 Å². The first-order valence-corrected chi connectivity index (χ1v) is 8.10. The molecule has 0 spiro atoms. The Hall–Kier alpha value is -3.00. The molecule has 0 aliphatic heterocycles. The quantitative estimate of drug-likeness (QED) is 0.483. The molecule has 0 saturated carbocycles. The molecule has 0 fully saturated rings. The van der Waals surface area contributed by atoms with Crippen molar-refractivity contribution >= 4 is 10.8 Å². The van der Waals surface area contributed by atoms with Crippen molar-refractivity contribution in [2.75, 3.05) is 0 Å². The topological polar surface area (TPSA) is 25.8 Å². The molecule has 0 N–H and O–H groups in total. The molecular formula is C22H18N2. The minimum absolute atomic E-state index is 0.952. The first-order chi connectivity index (χ1) is 11.7. The van der Waals surface area contributed by atoms with E-state index in [1.54, 1.807) is 6.33 Å². The predicted octanol–water partition coefficient (Wildman–Crippen LogP) is 5.58. The maximum atomic E-state index is 4.51. The van der Waals surface area contributed by atoms with Crippen molar-refractivity contribution in [1.82, 2.24) is 9.97 Å². The van der Waals surface area contributed by atoms with Gasteiger partial charge in [-0.15, -0.1) is 0 Å². The summed E-state index contributed by atoms with van der Waals surface area (Å²) in [6.45, 7) is 4.25. The van der Waals surface area contributed by atoms with E-state index in [-0.39, 0.29) is 0 Å². The number of nitrogens with zero attached hydrogens (tertiary/aromatic N) is 2. The van der Waals surface area contributed by atoms with E-state index < -0.39 is 0 Å². The van der Waals surface area contributed by atoms with Gasteiger partial charge in [-0.3, -0.25) is 0 Å². The summed E-state index contributed by atoms with van der Waals surface area (Å²) in [5, 5.41) is 2.47. The van der Waals surface area contributed by atoms with Gasteiger partial charge in [0.1, 0.15) is 6.33 Å². The summed E-state index contributed by atoms with van der Waals surface area (Å²) < 4.78 is 0. The van der Waals surface area contributed by atoms with Crippen LogP contribution in [0.4, 0.5) is 0 Å². The number of aromatic nitrogens is 2. The Morgan fingerprint density at radius 1 is 0.625 bits per heavy atom. The average Bonchev–Trinajstić information content (AvgIpc) is 2.61. The maximum absolute atomic E-state index is 4.51. The average molecular weight is 310 g/mol. The van der Waals surface area contributed by atoms with Crippen LogP contribution < -0.4 is 0 Å². The van der Waals surface area contributed by atoms with Gasteiger partial charge in [0.05, 0.1) is 11.4 Å². The molecule has 1 heterocycles. The second kappa shape index (κ2) is 5.89. The zero-order chi connectivity index (χ0) is 16.5. The highest BCUT2D eigenvalue weighted by Crippen LogP contribution is 2.29. The Balaban J connectivity index is 1.85. The SMILES string of the molecule is Cc1cccc(C)c1-c1cc(-c2ccc3ccccc3c2)ncn1. The fourth-order valence-corrected chi connectivity index (χ4v) is 3.22. The zero-order valence-corrected chi connectivity index (χ0v) is 13.8. The van der Waals surface area contributed by atoms with E-state index in [0.717, 1.165) is 17.0 Å². The number of fused-ring (bicyclic) bond motifs is 1. The van der Waals surface area contributed by atoms with Crippen LogP contribution in [-0.4, -0.2) is 9.97 Å². The molecule has 4 aromatic rings. The molecule has 0 aliphatic rings. The molecule has 116 valence electrons. The maximum Gasteiger partial charge on any atom is 0.116 e. The first kappa shape index (κ1) is 14.6. The van der Waals surface area contributed by atoms with Crippen LogP contribution in [0.2, 0.25) is 0 Å². The van der Waals surface area contributed by atoms with Crippen LogP contribution in [-0.2, 0) is 0 Å². The van der Waals surface area contributed by atoms with Gasteiger partial charge in [0.2, 0.25) is 0 Å². The molecular weight excluding hydrogens is 292 g/mol. The van der Waals surface area contributed by atoms with Crippen molar-refractivity contribution in [3.63, 3.8) is 0 Å². The second-order valence-corrected chi connectivity index (χ2v) is 6.12. The highest BCUT2D eigenvalue weighted by molar-refractivity contribution is 5.87. The molecule has 24 heavy (non-hydrogen) atoms. The number of hydrogen-bond donors (Lipinski definition) is 0. The lowest BCUT2D eigenvalue weighted by Gasteiger charge is -2.10. The normalized spacial score (nSPS) is 10.9. The van der Waals surface area contributed by atoms with E-state index in [0.29, 0.717) is 0 Å². The molecule has 0 aliphatic carbocycles. The van der Waals surface area contributed by atoms with Gasteiger partial charge in [-0.05, 0) is 47.9 Å². The van der Waals surface area contributed by atoms with Crippen LogP contribution in [0, 0.1) is 13.8 Å². The number of rotatable bonds is 2. The molecule has 0 amide bonds. The van der Waals surface area contributed by atoms with Crippen molar-refractivity contribution in [1.29, 1.82) is 0 Å². The fraction of sp³-hybridized carbons (Fsp3) is 0.0909. The molecule has 0 atom stereocenters. The minimum Gasteiger partial charge on any atom is -0.236 e. The van der Waals surface area contributed by atoms with E-state index in [1.165, 1.54) is 27.5 Å². The smallest absolute Gasteiger partial charge is 0.116 e. The highest BCUT2D eigenvalue weighted by Gasteiger charge is 2.09. The van der Waals surface area contributed by atoms with Gasteiger partial charge in [0, 0.05) is 11.1 Å². The van der Waals surface area contributed by atoms with E-state index in [2.05, 4.69) is 90.5 Å². The number of aryl methyl sites for hydroxylation is 2. The Bertz CT molecular complexity index is 1010. The van der Waals surface area contributed by atoms with Crippen LogP contribution in [0.5, 0.6) is 0 Å². The van der Waals surface area contributed by atoms with Gasteiger partial charge >= 0.3 is 0 Å². The van der Waals surface area contributed by atoms with Gasteiger partial charge in [-0.1, -0.05) is 54.6 Å². The molecule has 0 radical (unpaired) electrons. The third-order valence-electron chi connectivity index (χ3n) is 4.45. The Morgan fingerprint density at radius 2 is 1.33 bits per heavy atom. The third kappa shape index (κ3) is 2.56. The van der Waals surface area contributed by atoms with E-state index in [4.69, 9.17) is 0 Å². The molecule has 0 bridgehead atoms. The standard InChI is InChI=1S/C22H18N2/c1-15-6-5-7-16(2)22(15)21-13-20(23-14-24-21)19-11-10-17-8-3-4-9-18(17)12-19/h3-14H,1-2H3. The summed E-state index contributed by atoms with van der Waals surface area (Å²) in [6, 6.07) is 23.3. The Labute approximate surface area is 141 Å². The lowest BCUT2D eigenvalue weighted by Crippen LogP contribution is -1.93.